The smallest absolute Gasteiger partial charge is 0.317 e. The second-order valence-corrected chi connectivity index (χ2v) is 5.35. The highest BCUT2D eigenvalue weighted by Gasteiger charge is 2.21. The van der Waals surface area contributed by atoms with Crippen LogP contribution in [0.25, 0.3) is 0 Å². The summed E-state index contributed by atoms with van der Waals surface area (Å²) in [5.74, 6) is 0. The van der Waals surface area contributed by atoms with Crippen LogP contribution in [-0.4, -0.2) is 42.6 Å². The summed E-state index contributed by atoms with van der Waals surface area (Å²) in [6, 6.07) is 0.483. The van der Waals surface area contributed by atoms with Crippen LogP contribution in [0, 0.1) is 0 Å². The first-order valence-corrected chi connectivity index (χ1v) is 5.65. The highest BCUT2D eigenvalue weighted by Crippen LogP contribution is 2.07. The second kappa shape index (κ2) is 4.84. The maximum absolute atomic E-state index is 11.7. The molecule has 1 saturated heterocycles. The Hall–Kier alpha value is -0.770. The third-order valence-corrected chi connectivity index (χ3v) is 2.49. The molecular weight excluding hydrogens is 190 g/mol. The van der Waals surface area contributed by atoms with Gasteiger partial charge in [-0.05, 0) is 40.2 Å². The number of amides is 2. The maximum atomic E-state index is 11.7. The van der Waals surface area contributed by atoms with Crippen molar-refractivity contribution in [2.75, 3.05) is 20.1 Å². The molecule has 1 aliphatic rings. The van der Waals surface area contributed by atoms with E-state index in [0.717, 1.165) is 13.1 Å². The molecule has 4 nitrogen and oxygen atoms in total. The number of carbonyl (C=O) groups excluding carboxylic acids is 1. The van der Waals surface area contributed by atoms with Crippen molar-refractivity contribution >= 4 is 6.03 Å². The topological polar surface area (TPSA) is 44.4 Å². The molecule has 1 heterocycles. The van der Waals surface area contributed by atoms with Crippen LogP contribution >= 0.6 is 0 Å². The summed E-state index contributed by atoms with van der Waals surface area (Å²) >= 11 is 0. The van der Waals surface area contributed by atoms with Crippen LogP contribution in [0.4, 0.5) is 4.79 Å². The van der Waals surface area contributed by atoms with Crippen molar-refractivity contribution in [1.82, 2.24) is 15.5 Å². The van der Waals surface area contributed by atoms with Crippen molar-refractivity contribution in [2.45, 2.75) is 45.2 Å². The Morgan fingerprint density at radius 1 is 1.53 bits per heavy atom. The lowest BCUT2D eigenvalue weighted by Crippen LogP contribution is -2.49. The first kappa shape index (κ1) is 12.3. The molecule has 4 heteroatoms. The fraction of sp³-hybridized carbons (Fsp3) is 0.909. The second-order valence-electron chi connectivity index (χ2n) is 5.35. The average molecular weight is 213 g/mol. The number of urea groups is 1. The van der Waals surface area contributed by atoms with E-state index in [9.17, 15) is 4.79 Å². The van der Waals surface area contributed by atoms with Crippen LogP contribution in [-0.2, 0) is 0 Å². The monoisotopic (exact) mass is 213 g/mol. The predicted octanol–water partition coefficient (Wildman–Crippen LogP) is 1.18. The minimum atomic E-state index is -0.158. The fourth-order valence-corrected chi connectivity index (χ4v) is 1.74. The molecule has 1 atom stereocenters. The lowest BCUT2D eigenvalue weighted by atomic mass is 10.1. The summed E-state index contributed by atoms with van der Waals surface area (Å²) in [6.07, 6.45) is 2.40. The van der Waals surface area contributed by atoms with Crippen molar-refractivity contribution in [3.63, 3.8) is 0 Å². The normalized spacial score (nSPS) is 21.5. The van der Waals surface area contributed by atoms with E-state index < -0.39 is 0 Å². The molecule has 0 aromatic carbocycles. The Labute approximate surface area is 92.4 Å². The molecule has 0 spiro atoms. The highest BCUT2D eigenvalue weighted by atomic mass is 16.2. The van der Waals surface area contributed by atoms with Crippen LogP contribution in [0.3, 0.4) is 0 Å². The molecular formula is C11H23N3O. The van der Waals surface area contributed by atoms with Crippen LogP contribution in [0.2, 0.25) is 0 Å². The lowest BCUT2D eigenvalue weighted by molar-refractivity contribution is 0.195. The van der Waals surface area contributed by atoms with Crippen molar-refractivity contribution < 1.29 is 4.79 Å². The van der Waals surface area contributed by atoms with E-state index in [4.69, 9.17) is 0 Å². The van der Waals surface area contributed by atoms with Gasteiger partial charge in [-0.25, -0.2) is 4.79 Å². The van der Waals surface area contributed by atoms with Crippen molar-refractivity contribution in [1.29, 1.82) is 0 Å². The fourth-order valence-electron chi connectivity index (χ4n) is 1.74. The number of nitrogens with one attached hydrogen (secondary N) is 2. The van der Waals surface area contributed by atoms with Crippen LogP contribution in [0.1, 0.15) is 33.6 Å². The Bertz CT molecular complexity index is 216. The standard InChI is InChI=1S/C11H23N3O/c1-11(2,3)13-10(15)14(4)8-9-6-5-7-12-9/h9,12H,5-8H2,1-4H3,(H,13,15). The molecule has 2 amide bonds. The molecule has 0 bridgehead atoms. The molecule has 1 rings (SSSR count). The summed E-state index contributed by atoms with van der Waals surface area (Å²) in [4.78, 5) is 13.5. The molecule has 0 radical (unpaired) electrons. The molecule has 0 aromatic rings. The minimum absolute atomic E-state index is 0.0104. The van der Waals surface area contributed by atoms with Gasteiger partial charge in [0, 0.05) is 25.2 Å². The largest absolute Gasteiger partial charge is 0.333 e. The summed E-state index contributed by atoms with van der Waals surface area (Å²) in [5.41, 5.74) is -0.158. The van der Waals surface area contributed by atoms with Gasteiger partial charge >= 0.3 is 6.03 Å². The molecule has 0 aromatic heterocycles. The molecule has 1 fully saturated rings. The number of nitrogens with zero attached hydrogens (tertiary/aromatic N) is 1. The van der Waals surface area contributed by atoms with Gasteiger partial charge in [-0.2, -0.15) is 0 Å². The van der Waals surface area contributed by atoms with Gasteiger partial charge in [0.1, 0.15) is 0 Å². The van der Waals surface area contributed by atoms with E-state index in [1.54, 1.807) is 4.90 Å². The summed E-state index contributed by atoms with van der Waals surface area (Å²) in [5, 5.41) is 6.34. The van der Waals surface area contributed by atoms with Crippen molar-refractivity contribution in [3.8, 4) is 0 Å². The zero-order valence-electron chi connectivity index (χ0n) is 10.3. The molecule has 0 aliphatic carbocycles. The summed E-state index contributed by atoms with van der Waals surface area (Å²) in [6.45, 7) is 7.85. The number of carbonyl (C=O) groups is 1. The Morgan fingerprint density at radius 3 is 2.67 bits per heavy atom. The zero-order chi connectivity index (χ0) is 11.5. The predicted molar refractivity (Wildman–Crippen MR) is 61.9 cm³/mol. The quantitative estimate of drug-likeness (QED) is 0.723. The van der Waals surface area contributed by atoms with E-state index in [-0.39, 0.29) is 11.6 Å². The Morgan fingerprint density at radius 2 is 2.20 bits per heavy atom. The van der Waals surface area contributed by atoms with Crippen LogP contribution in [0.15, 0.2) is 0 Å². The molecule has 1 aliphatic heterocycles. The van der Waals surface area contributed by atoms with Gasteiger partial charge < -0.3 is 15.5 Å². The molecule has 15 heavy (non-hydrogen) atoms. The summed E-state index contributed by atoms with van der Waals surface area (Å²) in [7, 11) is 1.85. The maximum Gasteiger partial charge on any atom is 0.317 e. The third-order valence-electron chi connectivity index (χ3n) is 2.49. The van der Waals surface area contributed by atoms with E-state index in [0.29, 0.717) is 6.04 Å². The van der Waals surface area contributed by atoms with Crippen LogP contribution < -0.4 is 10.6 Å². The Balaban J connectivity index is 2.32. The van der Waals surface area contributed by atoms with Gasteiger partial charge in [0.15, 0.2) is 0 Å². The van der Waals surface area contributed by atoms with E-state index >= 15 is 0 Å². The van der Waals surface area contributed by atoms with E-state index in [2.05, 4.69) is 10.6 Å². The number of hydrogen-bond donors (Lipinski definition) is 2. The number of hydrogen-bond acceptors (Lipinski definition) is 2. The SMILES string of the molecule is CN(CC1CCCN1)C(=O)NC(C)(C)C. The van der Waals surface area contributed by atoms with Gasteiger partial charge in [-0.1, -0.05) is 0 Å². The van der Waals surface area contributed by atoms with E-state index in [1.807, 2.05) is 27.8 Å². The first-order chi connectivity index (χ1) is 6.88. The first-order valence-electron chi connectivity index (χ1n) is 5.65. The number of likely N-dealkylation sites (N-methyl/N-ethyl adjacent to an activating group) is 1. The molecule has 0 saturated carbocycles. The van der Waals surface area contributed by atoms with Crippen molar-refractivity contribution in [2.24, 2.45) is 0 Å². The number of rotatable bonds is 2. The van der Waals surface area contributed by atoms with Gasteiger partial charge in [0.25, 0.3) is 0 Å². The van der Waals surface area contributed by atoms with Gasteiger partial charge in [-0.15, -0.1) is 0 Å². The lowest BCUT2D eigenvalue weighted by Gasteiger charge is -2.27. The van der Waals surface area contributed by atoms with Crippen LogP contribution in [0.5, 0.6) is 0 Å². The molecule has 88 valence electrons. The Kier molecular flexibility index (Phi) is 3.97. The van der Waals surface area contributed by atoms with Gasteiger partial charge in [0.2, 0.25) is 0 Å². The van der Waals surface area contributed by atoms with Crippen molar-refractivity contribution in [3.05, 3.63) is 0 Å². The molecule has 1 unspecified atom stereocenters. The zero-order valence-corrected chi connectivity index (χ0v) is 10.3. The van der Waals surface area contributed by atoms with Gasteiger partial charge in [0.05, 0.1) is 0 Å². The highest BCUT2D eigenvalue weighted by molar-refractivity contribution is 5.74. The van der Waals surface area contributed by atoms with E-state index in [1.165, 1.54) is 12.8 Å². The average Bonchev–Trinajstić information content (AvgIpc) is 2.53. The third kappa shape index (κ3) is 4.51. The van der Waals surface area contributed by atoms with Gasteiger partial charge in [-0.3, -0.25) is 0 Å². The summed E-state index contributed by atoms with van der Waals surface area (Å²) < 4.78 is 0. The molecule has 2 N–H and O–H groups in total. The minimum Gasteiger partial charge on any atom is -0.333 e.